The van der Waals surface area contributed by atoms with Crippen molar-refractivity contribution in [1.29, 1.82) is 0 Å². The summed E-state index contributed by atoms with van der Waals surface area (Å²) in [4.78, 5) is 30.6. The predicted octanol–water partition coefficient (Wildman–Crippen LogP) is 5.28. The van der Waals surface area contributed by atoms with E-state index in [1.54, 1.807) is 25.0 Å². The van der Waals surface area contributed by atoms with Crippen molar-refractivity contribution in [3.63, 3.8) is 0 Å². The molecule has 47 heavy (non-hydrogen) atoms. The average Bonchev–Trinajstić information content (AvgIpc) is 3.09. The molecule has 0 saturated carbocycles. The number of hydrogen-bond acceptors (Lipinski definition) is 10. The van der Waals surface area contributed by atoms with E-state index in [-0.39, 0.29) is 5.56 Å². The van der Waals surface area contributed by atoms with Crippen molar-refractivity contribution in [3.8, 4) is 17.2 Å². The molecule has 3 aromatic carbocycles. The Morgan fingerprint density at radius 2 is 1.77 bits per heavy atom. The minimum atomic E-state index is -0.151. The molecule has 0 spiro atoms. The zero-order valence-electron chi connectivity index (χ0n) is 27.9. The lowest BCUT2D eigenvalue weighted by Gasteiger charge is -2.33. The van der Waals surface area contributed by atoms with Gasteiger partial charge in [-0.1, -0.05) is 12.1 Å². The van der Waals surface area contributed by atoms with Crippen LogP contribution in [0.2, 0.25) is 0 Å². The molecule has 0 aliphatic carbocycles. The number of nitrogens with zero attached hydrogens (tertiary/aromatic N) is 6. The number of hydrogen-bond donors (Lipinski definition) is 2. The normalized spacial score (nSPS) is 12.5. The van der Waals surface area contributed by atoms with Gasteiger partial charge in [-0.05, 0) is 75.1 Å². The summed E-state index contributed by atoms with van der Waals surface area (Å²) in [6.45, 7) is 5.69. The van der Waals surface area contributed by atoms with Gasteiger partial charge in [-0.15, -0.1) is 0 Å². The van der Waals surface area contributed by atoms with E-state index in [9.17, 15) is 4.79 Å². The van der Waals surface area contributed by atoms with E-state index in [2.05, 4.69) is 82.6 Å². The van der Waals surface area contributed by atoms with E-state index < -0.39 is 0 Å². The molecular weight excluding hydrogens is 592 g/mol. The van der Waals surface area contributed by atoms with E-state index in [1.807, 2.05) is 42.5 Å². The van der Waals surface area contributed by atoms with Gasteiger partial charge in [-0.2, -0.15) is 4.98 Å². The molecule has 2 aromatic heterocycles. The van der Waals surface area contributed by atoms with Crippen LogP contribution in [0.3, 0.4) is 0 Å². The van der Waals surface area contributed by atoms with Crippen LogP contribution in [0.4, 0.5) is 28.7 Å². The lowest BCUT2D eigenvalue weighted by Crippen LogP contribution is -2.35. The number of para-hydroxylation sites is 1. The van der Waals surface area contributed by atoms with Gasteiger partial charge in [0.1, 0.15) is 17.2 Å². The lowest BCUT2D eigenvalue weighted by atomic mass is 10.1. The van der Waals surface area contributed by atoms with Crippen molar-refractivity contribution in [2.45, 2.75) is 13.5 Å². The molecule has 2 N–H and O–H groups in total. The fourth-order valence-corrected chi connectivity index (χ4v) is 5.88. The second-order valence-electron chi connectivity index (χ2n) is 12.0. The maximum Gasteiger partial charge on any atom is 0.280 e. The number of pyridine rings is 1. The maximum atomic E-state index is 14.6. The van der Waals surface area contributed by atoms with Crippen molar-refractivity contribution in [1.82, 2.24) is 19.4 Å². The van der Waals surface area contributed by atoms with Crippen LogP contribution in [0, 0.1) is 6.92 Å². The Hall–Kier alpha value is -5.29. The highest BCUT2D eigenvalue weighted by Crippen LogP contribution is 2.36. The maximum absolute atomic E-state index is 14.6. The first kappa shape index (κ1) is 31.7. The molecule has 11 heteroatoms. The van der Waals surface area contributed by atoms with Crippen LogP contribution in [0.5, 0.6) is 11.5 Å². The van der Waals surface area contributed by atoms with Crippen molar-refractivity contribution in [2.75, 3.05) is 82.0 Å². The predicted molar refractivity (Wildman–Crippen MR) is 191 cm³/mol. The van der Waals surface area contributed by atoms with Crippen molar-refractivity contribution in [3.05, 3.63) is 94.4 Å². The third-order valence-corrected chi connectivity index (χ3v) is 8.55. The highest BCUT2D eigenvalue weighted by Gasteiger charge is 2.24. The standard InChI is InChI=1S/C36H42N8O3/c1-24-8-7-9-30-33(24)37-16-17-43(30)31-20-26-23-39-36(38-22-25-10-15-29(46-5)21-32(25)47-6)40-34(26)44(35(31)45)28-13-11-27(12-14-28)42(4)19-18-41(2)3/h7-15,20-21,23,37H,16-19,22H2,1-6H3,(H,38,39,40). The zero-order valence-corrected chi connectivity index (χ0v) is 27.9. The Morgan fingerprint density at radius 1 is 0.957 bits per heavy atom. The Bertz CT molecular complexity index is 1940. The molecule has 3 heterocycles. The summed E-state index contributed by atoms with van der Waals surface area (Å²) in [6, 6.07) is 21.8. The number of anilines is 5. The Kier molecular flexibility index (Phi) is 9.17. The summed E-state index contributed by atoms with van der Waals surface area (Å²) in [6.07, 6.45) is 1.78. The Labute approximate surface area is 275 Å². The minimum absolute atomic E-state index is 0.151. The third kappa shape index (κ3) is 6.52. The van der Waals surface area contributed by atoms with Gasteiger partial charge >= 0.3 is 0 Å². The first-order valence-electron chi connectivity index (χ1n) is 15.7. The monoisotopic (exact) mass is 634 g/mol. The summed E-state index contributed by atoms with van der Waals surface area (Å²) in [5, 5.41) is 7.59. The van der Waals surface area contributed by atoms with E-state index in [4.69, 9.17) is 14.5 Å². The van der Waals surface area contributed by atoms with Gasteiger partial charge < -0.3 is 34.8 Å². The number of aryl methyl sites for hydroxylation is 1. The number of aromatic nitrogens is 3. The molecule has 0 unspecified atom stereocenters. The molecule has 0 saturated heterocycles. The second kappa shape index (κ2) is 13.6. The molecule has 0 radical (unpaired) electrons. The number of benzene rings is 3. The van der Waals surface area contributed by atoms with Crippen LogP contribution in [0.25, 0.3) is 16.7 Å². The molecule has 1 aliphatic heterocycles. The highest BCUT2D eigenvalue weighted by molar-refractivity contribution is 5.86. The third-order valence-electron chi connectivity index (χ3n) is 8.55. The van der Waals surface area contributed by atoms with Crippen LogP contribution in [-0.2, 0) is 6.54 Å². The van der Waals surface area contributed by atoms with Crippen LogP contribution in [-0.4, -0.2) is 81.0 Å². The van der Waals surface area contributed by atoms with E-state index >= 15 is 0 Å². The van der Waals surface area contributed by atoms with Gasteiger partial charge in [0.2, 0.25) is 5.95 Å². The van der Waals surface area contributed by atoms with E-state index in [1.165, 1.54) is 0 Å². The van der Waals surface area contributed by atoms with Crippen LogP contribution in [0.15, 0.2) is 77.7 Å². The largest absolute Gasteiger partial charge is 0.497 e. The van der Waals surface area contributed by atoms with E-state index in [0.29, 0.717) is 41.9 Å². The van der Waals surface area contributed by atoms with Crippen LogP contribution < -0.4 is 35.5 Å². The smallest absolute Gasteiger partial charge is 0.280 e. The number of nitrogens with one attached hydrogen (secondary N) is 2. The summed E-state index contributed by atoms with van der Waals surface area (Å²) in [7, 11) is 9.47. The number of fused-ring (bicyclic) bond motifs is 2. The topological polar surface area (TPSA) is 100 Å². The fourth-order valence-electron chi connectivity index (χ4n) is 5.88. The van der Waals surface area contributed by atoms with Crippen molar-refractivity contribution < 1.29 is 9.47 Å². The number of methoxy groups -OCH3 is 2. The van der Waals surface area contributed by atoms with Gasteiger partial charge in [-0.3, -0.25) is 9.36 Å². The first-order chi connectivity index (χ1) is 22.8. The number of likely N-dealkylation sites (N-methyl/N-ethyl adjacent to an activating group) is 2. The summed E-state index contributed by atoms with van der Waals surface area (Å²) >= 11 is 0. The molecule has 0 amide bonds. The summed E-state index contributed by atoms with van der Waals surface area (Å²) in [5.41, 5.74) is 6.82. The van der Waals surface area contributed by atoms with Crippen LogP contribution >= 0.6 is 0 Å². The summed E-state index contributed by atoms with van der Waals surface area (Å²) < 4.78 is 12.6. The van der Waals surface area contributed by atoms with Crippen molar-refractivity contribution >= 4 is 39.7 Å². The molecule has 0 fully saturated rings. The molecule has 11 nitrogen and oxygen atoms in total. The number of ether oxygens (including phenoxy) is 2. The number of rotatable bonds is 11. The molecule has 0 atom stereocenters. The quantitative estimate of drug-likeness (QED) is 0.200. The Balaban J connectivity index is 1.43. The molecular formula is C36H42N8O3. The molecule has 1 aliphatic rings. The molecule has 5 aromatic rings. The zero-order chi connectivity index (χ0) is 33.1. The van der Waals surface area contributed by atoms with Gasteiger partial charge in [-0.25, -0.2) is 4.98 Å². The van der Waals surface area contributed by atoms with Crippen molar-refractivity contribution in [2.24, 2.45) is 0 Å². The minimum Gasteiger partial charge on any atom is -0.497 e. The fraction of sp³-hybridized carbons (Fsp3) is 0.306. The lowest BCUT2D eigenvalue weighted by molar-refractivity contribution is 0.391. The molecule has 244 valence electrons. The van der Waals surface area contributed by atoms with Gasteiger partial charge in [0, 0.05) is 68.7 Å². The van der Waals surface area contributed by atoms with Gasteiger partial charge in [0.05, 0.1) is 31.3 Å². The van der Waals surface area contributed by atoms with Crippen LogP contribution in [0.1, 0.15) is 11.1 Å². The highest BCUT2D eigenvalue weighted by atomic mass is 16.5. The molecule has 0 bridgehead atoms. The van der Waals surface area contributed by atoms with Gasteiger partial charge in [0.25, 0.3) is 5.56 Å². The molecule has 6 rings (SSSR count). The van der Waals surface area contributed by atoms with Gasteiger partial charge in [0.15, 0.2) is 5.65 Å². The SMILES string of the molecule is COc1ccc(CNc2ncc3cc(N4CCNc5c(C)cccc54)c(=O)n(-c4ccc(N(C)CCN(C)C)cc4)c3n2)c(OC)c1. The second-order valence-corrected chi connectivity index (χ2v) is 12.0. The van der Waals surface area contributed by atoms with E-state index in [0.717, 1.165) is 58.9 Å². The Morgan fingerprint density at radius 3 is 2.51 bits per heavy atom. The average molecular weight is 635 g/mol. The summed E-state index contributed by atoms with van der Waals surface area (Å²) in [5.74, 6) is 1.81. The first-order valence-corrected chi connectivity index (χ1v) is 15.7.